The fraction of sp³-hybridized carbons (Fsp3) is 0.250. The summed E-state index contributed by atoms with van der Waals surface area (Å²) in [6.07, 6.45) is 2.46. The van der Waals surface area contributed by atoms with Crippen LogP contribution in [0, 0.1) is 0 Å². The minimum Gasteiger partial charge on any atom is -0.486 e. The SMILES string of the molecule is Cn1cc(COc2cc3c(cc2C=O)OCO3)nn1. The molecule has 0 saturated heterocycles. The van der Waals surface area contributed by atoms with Gasteiger partial charge in [-0.2, -0.15) is 0 Å². The van der Waals surface area contributed by atoms with Crippen LogP contribution >= 0.6 is 0 Å². The zero-order valence-corrected chi connectivity index (χ0v) is 10.2. The van der Waals surface area contributed by atoms with Gasteiger partial charge in [-0.05, 0) is 6.07 Å². The molecular formula is C12H11N3O4. The van der Waals surface area contributed by atoms with E-state index < -0.39 is 0 Å². The Balaban J connectivity index is 1.81. The van der Waals surface area contributed by atoms with Crippen LogP contribution < -0.4 is 14.2 Å². The van der Waals surface area contributed by atoms with Crippen molar-refractivity contribution in [1.82, 2.24) is 15.0 Å². The monoisotopic (exact) mass is 261 g/mol. The van der Waals surface area contributed by atoms with Crippen LogP contribution in [0.4, 0.5) is 0 Å². The van der Waals surface area contributed by atoms with Gasteiger partial charge in [-0.3, -0.25) is 9.48 Å². The second kappa shape index (κ2) is 4.60. The number of hydrogen-bond acceptors (Lipinski definition) is 6. The second-order valence-electron chi connectivity index (χ2n) is 4.03. The molecule has 0 radical (unpaired) electrons. The van der Waals surface area contributed by atoms with E-state index in [1.165, 1.54) is 0 Å². The fourth-order valence-electron chi connectivity index (χ4n) is 1.77. The lowest BCUT2D eigenvalue weighted by Crippen LogP contribution is -1.99. The molecule has 2 aromatic rings. The van der Waals surface area contributed by atoms with Gasteiger partial charge >= 0.3 is 0 Å². The molecule has 0 atom stereocenters. The van der Waals surface area contributed by atoms with Crippen LogP contribution in [0.1, 0.15) is 16.1 Å². The molecule has 3 rings (SSSR count). The number of rotatable bonds is 4. The number of fused-ring (bicyclic) bond motifs is 1. The number of carbonyl (C=O) groups excluding carboxylic acids is 1. The summed E-state index contributed by atoms with van der Waals surface area (Å²) in [5.41, 5.74) is 1.09. The Bertz CT molecular complexity index is 623. The van der Waals surface area contributed by atoms with E-state index in [9.17, 15) is 4.79 Å². The second-order valence-corrected chi connectivity index (χ2v) is 4.03. The summed E-state index contributed by atoms with van der Waals surface area (Å²) in [5.74, 6) is 1.55. The Morgan fingerprint density at radius 3 is 2.89 bits per heavy atom. The van der Waals surface area contributed by atoms with Crippen LogP contribution in [0.3, 0.4) is 0 Å². The van der Waals surface area contributed by atoms with Gasteiger partial charge in [-0.25, -0.2) is 0 Å². The topological polar surface area (TPSA) is 75.5 Å². The molecule has 7 heteroatoms. The Kier molecular flexibility index (Phi) is 2.79. The molecule has 1 aromatic carbocycles. The van der Waals surface area contributed by atoms with Crippen LogP contribution in [-0.2, 0) is 13.7 Å². The first kappa shape index (κ1) is 11.5. The van der Waals surface area contributed by atoms with Crippen molar-refractivity contribution in [2.45, 2.75) is 6.61 Å². The molecule has 7 nitrogen and oxygen atoms in total. The van der Waals surface area contributed by atoms with E-state index in [4.69, 9.17) is 14.2 Å². The van der Waals surface area contributed by atoms with Gasteiger partial charge in [0, 0.05) is 13.1 Å². The normalized spacial score (nSPS) is 12.5. The number of hydrogen-bond donors (Lipinski definition) is 0. The van der Waals surface area contributed by atoms with Crippen molar-refractivity contribution in [1.29, 1.82) is 0 Å². The molecule has 0 unspecified atom stereocenters. The predicted octanol–water partition coefficient (Wildman–Crippen LogP) is 0.935. The van der Waals surface area contributed by atoms with Gasteiger partial charge in [0.15, 0.2) is 17.8 Å². The molecule has 0 amide bonds. The highest BCUT2D eigenvalue weighted by atomic mass is 16.7. The van der Waals surface area contributed by atoms with E-state index in [0.717, 1.165) is 0 Å². The Morgan fingerprint density at radius 1 is 1.42 bits per heavy atom. The minimum absolute atomic E-state index is 0.154. The zero-order chi connectivity index (χ0) is 13.2. The maximum Gasteiger partial charge on any atom is 0.231 e. The molecule has 0 bridgehead atoms. The van der Waals surface area contributed by atoms with Gasteiger partial charge < -0.3 is 14.2 Å². The van der Waals surface area contributed by atoms with Crippen LogP contribution in [0.2, 0.25) is 0 Å². The van der Waals surface area contributed by atoms with E-state index in [-0.39, 0.29) is 13.4 Å². The molecule has 1 aliphatic rings. The first-order valence-electron chi connectivity index (χ1n) is 5.63. The van der Waals surface area contributed by atoms with Crippen molar-refractivity contribution in [2.75, 3.05) is 6.79 Å². The van der Waals surface area contributed by atoms with Gasteiger partial charge in [0.25, 0.3) is 0 Å². The van der Waals surface area contributed by atoms with Gasteiger partial charge in [0.1, 0.15) is 18.1 Å². The van der Waals surface area contributed by atoms with Gasteiger partial charge in [0.05, 0.1) is 11.8 Å². The van der Waals surface area contributed by atoms with Gasteiger partial charge in [-0.1, -0.05) is 5.21 Å². The molecule has 0 aliphatic carbocycles. The summed E-state index contributed by atoms with van der Waals surface area (Å²) >= 11 is 0. The molecule has 0 fully saturated rings. The first-order valence-corrected chi connectivity index (χ1v) is 5.63. The zero-order valence-electron chi connectivity index (χ0n) is 10.2. The Labute approximate surface area is 108 Å². The van der Waals surface area contributed by atoms with Gasteiger partial charge in [-0.15, -0.1) is 5.10 Å². The maximum atomic E-state index is 11.0. The predicted molar refractivity (Wildman–Crippen MR) is 63.3 cm³/mol. The number of aldehydes is 1. The molecule has 0 N–H and O–H groups in total. The van der Waals surface area contributed by atoms with E-state index in [0.29, 0.717) is 34.8 Å². The smallest absolute Gasteiger partial charge is 0.231 e. The highest BCUT2D eigenvalue weighted by Crippen LogP contribution is 2.37. The third-order valence-corrected chi connectivity index (χ3v) is 2.66. The van der Waals surface area contributed by atoms with Crippen LogP contribution in [0.15, 0.2) is 18.3 Å². The lowest BCUT2D eigenvalue weighted by molar-refractivity contribution is 0.111. The van der Waals surface area contributed by atoms with Crippen molar-refractivity contribution >= 4 is 6.29 Å². The average Bonchev–Trinajstić information content (AvgIpc) is 3.03. The van der Waals surface area contributed by atoms with Crippen LogP contribution in [-0.4, -0.2) is 28.1 Å². The van der Waals surface area contributed by atoms with Crippen molar-refractivity contribution in [2.24, 2.45) is 7.05 Å². The number of aromatic nitrogens is 3. The van der Waals surface area contributed by atoms with E-state index in [1.807, 2.05) is 0 Å². The summed E-state index contributed by atoms with van der Waals surface area (Å²) in [4.78, 5) is 11.0. The van der Waals surface area contributed by atoms with Crippen molar-refractivity contribution < 1.29 is 19.0 Å². The number of carbonyl (C=O) groups is 1. The van der Waals surface area contributed by atoms with Crippen molar-refractivity contribution in [3.8, 4) is 17.2 Å². The summed E-state index contributed by atoms with van der Waals surface area (Å²) in [7, 11) is 1.77. The van der Waals surface area contributed by atoms with E-state index in [1.54, 1.807) is 30.1 Å². The number of benzene rings is 1. The average molecular weight is 261 g/mol. The Hall–Kier alpha value is -2.57. The quantitative estimate of drug-likeness (QED) is 0.762. The van der Waals surface area contributed by atoms with Crippen LogP contribution in [0.25, 0.3) is 0 Å². The van der Waals surface area contributed by atoms with E-state index in [2.05, 4.69) is 10.3 Å². The van der Waals surface area contributed by atoms with E-state index >= 15 is 0 Å². The molecule has 1 aliphatic heterocycles. The molecule has 1 aromatic heterocycles. The standard InChI is InChI=1S/C12H11N3O4/c1-15-4-9(13-14-15)6-17-10-3-12-11(18-7-19-12)2-8(10)5-16/h2-5H,6-7H2,1H3. The molecule has 2 heterocycles. The summed E-state index contributed by atoms with van der Waals surface area (Å²) in [5, 5.41) is 7.70. The minimum atomic E-state index is 0.154. The molecule has 19 heavy (non-hydrogen) atoms. The lowest BCUT2D eigenvalue weighted by Gasteiger charge is -2.07. The van der Waals surface area contributed by atoms with Crippen LogP contribution in [0.5, 0.6) is 17.2 Å². The Morgan fingerprint density at radius 2 is 2.21 bits per heavy atom. The maximum absolute atomic E-state index is 11.0. The fourth-order valence-corrected chi connectivity index (χ4v) is 1.77. The number of nitrogens with zero attached hydrogens (tertiary/aromatic N) is 3. The highest BCUT2D eigenvalue weighted by molar-refractivity contribution is 5.81. The summed E-state index contributed by atoms with van der Waals surface area (Å²) in [6.45, 7) is 0.384. The number of aryl methyl sites for hydroxylation is 1. The van der Waals surface area contributed by atoms with Crippen molar-refractivity contribution in [3.63, 3.8) is 0 Å². The summed E-state index contributed by atoms with van der Waals surface area (Å²) < 4.78 is 17.6. The largest absolute Gasteiger partial charge is 0.486 e. The molecule has 98 valence electrons. The lowest BCUT2D eigenvalue weighted by atomic mass is 10.2. The van der Waals surface area contributed by atoms with Crippen molar-refractivity contribution in [3.05, 3.63) is 29.6 Å². The first-order chi connectivity index (χ1) is 9.26. The third-order valence-electron chi connectivity index (χ3n) is 2.66. The third kappa shape index (κ3) is 2.22. The number of ether oxygens (including phenoxy) is 3. The molecule has 0 spiro atoms. The highest BCUT2D eigenvalue weighted by Gasteiger charge is 2.18. The molecular weight excluding hydrogens is 250 g/mol. The molecule has 0 saturated carbocycles. The summed E-state index contributed by atoms with van der Waals surface area (Å²) in [6, 6.07) is 3.24. The van der Waals surface area contributed by atoms with Gasteiger partial charge in [0.2, 0.25) is 6.79 Å².